The number of hydrogen-bond acceptors (Lipinski definition) is 3. The number of nitrogens with zero attached hydrogens (tertiary/aromatic N) is 2. The van der Waals surface area contributed by atoms with Crippen LogP contribution >= 0.6 is 0 Å². The van der Waals surface area contributed by atoms with Crippen LogP contribution in [-0.4, -0.2) is 22.3 Å². The molecule has 3 aromatic carbocycles. The maximum atomic E-state index is 13.6. The summed E-state index contributed by atoms with van der Waals surface area (Å²) in [4.78, 5) is 12.7. The van der Waals surface area contributed by atoms with Crippen molar-refractivity contribution in [3.8, 4) is 0 Å². The van der Waals surface area contributed by atoms with Crippen molar-refractivity contribution in [2.24, 2.45) is 0 Å². The number of fused-ring (bicyclic) bond motifs is 9. The Bertz CT molecular complexity index is 1650. The minimum atomic E-state index is -3.81. The van der Waals surface area contributed by atoms with Crippen molar-refractivity contribution in [3.05, 3.63) is 59.7 Å². The highest BCUT2D eigenvalue weighted by Crippen LogP contribution is 2.48. The Hall–Kier alpha value is -3.32. The van der Waals surface area contributed by atoms with E-state index in [4.69, 9.17) is 0 Å². The number of para-hydroxylation sites is 2. The Morgan fingerprint density at radius 1 is 0.815 bits per heavy atom. The highest BCUT2D eigenvalue weighted by atomic mass is 32.2. The summed E-state index contributed by atoms with van der Waals surface area (Å²) in [5.74, 6) is -0.143. The summed E-state index contributed by atoms with van der Waals surface area (Å²) >= 11 is 0. The molecule has 2 aromatic heterocycles. The molecule has 7 rings (SSSR count). The van der Waals surface area contributed by atoms with Crippen LogP contribution in [0.5, 0.6) is 0 Å². The number of amides is 1. The largest absolute Gasteiger partial charge is 0.348 e. The SMILES string of the molecule is O=C1NCc2c1c1c3ccccc3n3c1c1c2c2ccccc2n1S3(=O)=O. The topological polar surface area (TPSA) is 73.1 Å². The Morgan fingerprint density at radius 2 is 1.37 bits per heavy atom. The van der Waals surface area contributed by atoms with Crippen molar-refractivity contribution in [2.75, 3.05) is 0 Å². The lowest BCUT2D eigenvalue weighted by Crippen LogP contribution is -2.15. The molecule has 1 amide bonds. The van der Waals surface area contributed by atoms with E-state index in [1.54, 1.807) is 6.07 Å². The third kappa shape index (κ3) is 1.26. The fourth-order valence-corrected chi connectivity index (χ4v) is 6.73. The van der Waals surface area contributed by atoms with Crippen LogP contribution in [0.4, 0.5) is 0 Å². The third-order valence-corrected chi connectivity index (χ3v) is 7.54. The molecular formula is C20H11N3O3S. The summed E-state index contributed by atoms with van der Waals surface area (Å²) in [6, 6.07) is 14.9. The van der Waals surface area contributed by atoms with E-state index in [1.165, 1.54) is 7.94 Å². The normalized spacial score (nSPS) is 17.0. The highest BCUT2D eigenvalue weighted by molar-refractivity contribution is 7.89. The minimum Gasteiger partial charge on any atom is -0.348 e. The van der Waals surface area contributed by atoms with Gasteiger partial charge in [-0.15, -0.1) is 0 Å². The average Bonchev–Trinajstić information content (AvgIpc) is 3.35. The number of nitrogens with one attached hydrogen (secondary N) is 1. The molecule has 7 heteroatoms. The predicted octanol–water partition coefficient (Wildman–Crippen LogP) is 3.10. The summed E-state index contributed by atoms with van der Waals surface area (Å²) in [7, 11) is -3.81. The van der Waals surface area contributed by atoms with E-state index in [9.17, 15) is 13.2 Å². The number of carbonyl (C=O) groups excluding carboxylic acids is 1. The molecule has 0 radical (unpaired) electrons. The molecule has 2 aliphatic heterocycles. The van der Waals surface area contributed by atoms with Gasteiger partial charge >= 0.3 is 10.2 Å². The van der Waals surface area contributed by atoms with Gasteiger partial charge in [-0.05, 0) is 17.7 Å². The minimum absolute atomic E-state index is 0.143. The first-order chi connectivity index (χ1) is 13.1. The van der Waals surface area contributed by atoms with E-state index < -0.39 is 10.2 Å². The zero-order valence-electron chi connectivity index (χ0n) is 13.9. The molecule has 2 aliphatic rings. The molecule has 0 unspecified atom stereocenters. The van der Waals surface area contributed by atoms with Crippen molar-refractivity contribution >= 4 is 59.7 Å². The van der Waals surface area contributed by atoms with Crippen LogP contribution in [-0.2, 0) is 16.8 Å². The van der Waals surface area contributed by atoms with Crippen LogP contribution in [0.2, 0.25) is 0 Å². The lowest BCUT2D eigenvalue weighted by molar-refractivity contribution is 0.0967. The molecule has 5 aromatic rings. The highest BCUT2D eigenvalue weighted by Gasteiger charge is 2.40. The van der Waals surface area contributed by atoms with Crippen LogP contribution in [0.3, 0.4) is 0 Å². The lowest BCUT2D eigenvalue weighted by Gasteiger charge is -2.05. The van der Waals surface area contributed by atoms with Crippen LogP contribution in [0, 0.1) is 0 Å². The van der Waals surface area contributed by atoms with Crippen molar-refractivity contribution in [1.29, 1.82) is 0 Å². The van der Waals surface area contributed by atoms with E-state index in [0.29, 0.717) is 34.2 Å². The van der Waals surface area contributed by atoms with Gasteiger partial charge in [-0.2, -0.15) is 8.42 Å². The third-order valence-electron chi connectivity index (χ3n) is 5.86. The zero-order valence-corrected chi connectivity index (χ0v) is 14.7. The smallest absolute Gasteiger partial charge is 0.335 e. The van der Waals surface area contributed by atoms with Crippen LogP contribution < -0.4 is 5.32 Å². The monoisotopic (exact) mass is 373 g/mol. The second kappa shape index (κ2) is 3.99. The van der Waals surface area contributed by atoms with Gasteiger partial charge in [0.05, 0.1) is 27.6 Å². The van der Waals surface area contributed by atoms with Gasteiger partial charge in [-0.25, -0.2) is 7.94 Å². The van der Waals surface area contributed by atoms with Crippen molar-refractivity contribution < 1.29 is 13.2 Å². The quantitative estimate of drug-likeness (QED) is 0.445. The molecule has 27 heavy (non-hydrogen) atoms. The first-order valence-corrected chi connectivity index (χ1v) is 10.1. The predicted molar refractivity (Wildman–Crippen MR) is 103 cm³/mol. The summed E-state index contributed by atoms with van der Waals surface area (Å²) in [6.07, 6.45) is 0. The molecule has 0 aliphatic carbocycles. The first kappa shape index (κ1) is 13.8. The molecule has 0 spiro atoms. The van der Waals surface area contributed by atoms with Gasteiger partial charge in [0.1, 0.15) is 0 Å². The number of aromatic nitrogens is 2. The molecule has 130 valence electrons. The molecule has 0 saturated heterocycles. The Balaban J connectivity index is 2.00. The summed E-state index contributed by atoms with van der Waals surface area (Å²) < 4.78 is 30.0. The number of hydrogen-bond donors (Lipinski definition) is 1. The second-order valence-corrected chi connectivity index (χ2v) is 8.68. The molecule has 0 atom stereocenters. The fraction of sp³-hybridized carbons (Fsp3) is 0.0500. The average molecular weight is 373 g/mol. The van der Waals surface area contributed by atoms with Crippen LogP contribution in [0.25, 0.3) is 43.6 Å². The first-order valence-electron chi connectivity index (χ1n) is 8.66. The van der Waals surface area contributed by atoms with Gasteiger partial charge in [0.15, 0.2) is 0 Å². The zero-order chi connectivity index (χ0) is 18.1. The standard InChI is InChI=1S/C20H11N3O3S/c24-20-17-12(9-21-20)15-10-5-1-3-7-13(10)22-18(15)19-16(17)11-6-2-4-8-14(11)23(19)27(22,25)26/h1-8H,9H2,(H,21,24). The number of benzene rings is 3. The second-order valence-electron chi connectivity index (χ2n) is 7.05. The van der Waals surface area contributed by atoms with E-state index in [-0.39, 0.29) is 5.91 Å². The van der Waals surface area contributed by atoms with Crippen molar-refractivity contribution in [3.63, 3.8) is 0 Å². The number of carbonyl (C=O) groups is 1. The summed E-state index contributed by atoms with van der Waals surface area (Å²) in [5, 5.41) is 6.18. The number of rotatable bonds is 0. The molecule has 6 nitrogen and oxygen atoms in total. The van der Waals surface area contributed by atoms with Crippen LogP contribution in [0.1, 0.15) is 15.9 Å². The Labute approximate surface area is 152 Å². The Kier molecular flexibility index (Phi) is 2.04. The van der Waals surface area contributed by atoms with Crippen LogP contribution in [0.15, 0.2) is 48.5 Å². The molecule has 4 heterocycles. The van der Waals surface area contributed by atoms with E-state index >= 15 is 0 Å². The Morgan fingerprint density at radius 3 is 2.04 bits per heavy atom. The maximum Gasteiger partial charge on any atom is 0.335 e. The van der Waals surface area contributed by atoms with Gasteiger partial charge < -0.3 is 5.32 Å². The van der Waals surface area contributed by atoms with E-state index in [0.717, 1.165) is 27.1 Å². The van der Waals surface area contributed by atoms with Gasteiger partial charge in [-0.1, -0.05) is 36.4 Å². The molecule has 0 fully saturated rings. The molecule has 0 saturated carbocycles. The molecule has 0 bridgehead atoms. The van der Waals surface area contributed by atoms with Crippen molar-refractivity contribution in [1.82, 2.24) is 13.3 Å². The summed E-state index contributed by atoms with van der Waals surface area (Å²) in [5.41, 5.74) is 4.03. The lowest BCUT2D eigenvalue weighted by atomic mass is 9.97. The molecular weight excluding hydrogens is 362 g/mol. The van der Waals surface area contributed by atoms with Gasteiger partial charge in [0, 0.05) is 28.1 Å². The van der Waals surface area contributed by atoms with E-state index in [2.05, 4.69) is 5.32 Å². The van der Waals surface area contributed by atoms with E-state index in [1.807, 2.05) is 42.5 Å². The molecule has 1 N–H and O–H groups in total. The fourth-order valence-electron chi connectivity index (χ4n) is 4.93. The van der Waals surface area contributed by atoms with Gasteiger partial charge in [-0.3, -0.25) is 4.79 Å². The van der Waals surface area contributed by atoms with Crippen molar-refractivity contribution in [2.45, 2.75) is 6.54 Å². The van der Waals surface area contributed by atoms with Gasteiger partial charge in [0.2, 0.25) is 0 Å². The summed E-state index contributed by atoms with van der Waals surface area (Å²) in [6.45, 7) is 0.411. The maximum absolute atomic E-state index is 13.6. The van der Waals surface area contributed by atoms with Gasteiger partial charge in [0.25, 0.3) is 5.91 Å².